The minimum atomic E-state index is -0.279. The quantitative estimate of drug-likeness (QED) is 0.919. The van der Waals surface area contributed by atoms with Gasteiger partial charge in [0.25, 0.3) is 5.91 Å². The van der Waals surface area contributed by atoms with Gasteiger partial charge in [-0.2, -0.15) is 0 Å². The zero-order chi connectivity index (χ0) is 13.9. The fourth-order valence-corrected chi connectivity index (χ4v) is 1.86. The second-order valence-electron chi connectivity index (χ2n) is 4.63. The first kappa shape index (κ1) is 12.5. The standard InChI is InChI=1S/C14H14N4O2/c1-20-12-4-5-15-8-11(12)18-14(19)10-6-16-13(17-7-10)9-2-3-9/h4-9H,2-3H2,1H3,(H,18,19). The Morgan fingerprint density at radius 2 is 2.05 bits per heavy atom. The van der Waals surface area contributed by atoms with Gasteiger partial charge >= 0.3 is 0 Å². The number of ether oxygens (including phenoxy) is 1. The maximum atomic E-state index is 12.1. The van der Waals surface area contributed by atoms with Gasteiger partial charge in [-0.05, 0) is 12.8 Å². The summed E-state index contributed by atoms with van der Waals surface area (Å²) in [4.78, 5) is 24.5. The molecule has 1 aliphatic rings. The molecule has 6 heteroatoms. The summed E-state index contributed by atoms with van der Waals surface area (Å²) in [6.45, 7) is 0. The van der Waals surface area contributed by atoms with Crippen LogP contribution in [0.2, 0.25) is 0 Å². The molecule has 0 bridgehead atoms. The molecule has 1 amide bonds. The Morgan fingerprint density at radius 1 is 1.30 bits per heavy atom. The first-order chi connectivity index (χ1) is 9.78. The van der Waals surface area contributed by atoms with Gasteiger partial charge in [0.05, 0.1) is 18.9 Å². The molecular weight excluding hydrogens is 256 g/mol. The normalized spacial score (nSPS) is 13.8. The van der Waals surface area contributed by atoms with Crippen LogP contribution in [0.4, 0.5) is 5.69 Å². The smallest absolute Gasteiger partial charge is 0.258 e. The third-order valence-corrected chi connectivity index (χ3v) is 3.13. The minimum absolute atomic E-state index is 0.279. The molecule has 0 saturated heterocycles. The molecule has 102 valence electrons. The van der Waals surface area contributed by atoms with Gasteiger partial charge in [0.1, 0.15) is 17.3 Å². The van der Waals surface area contributed by atoms with E-state index >= 15 is 0 Å². The molecule has 2 heterocycles. The highest BCUT2D eigenvalue weighted by Crippen LogP contribution is 2.37. The lowest BCUT2D eigenvalue weighted by molar-refractivity contribution is 0.102. The molecule has 0 spiro atoms. The van der Waals surface area contributed by atoms with E-state index in [4.69, 9.17) is 4.74 Å². The van der Waals surface area contributed by atoms with Crippen molar-refractivity contribution in [2.24, 2.45) is 0 Å². The number of carbonyl (C=O) groups is 1. The molecule has 0 aliphatic heterocycles. The van der Waals surface area contributed by atoms with E-state index < -0.39 is 0 Å². The van der Waals surface area contributed by atoms with Crippen molar-refractivity contribution in [3.63, 3.8) is 0 Å². The van der Waals surface area contributed by atoms with Crippen molar-refractivity contribution < 1.29 is 9.53 Å². The van der Waals surface area contributed by atoms with Gasteiger partial charge in [-0.25, -0.2) is 9.97 Å². The van der Waals surface area contributed by atoms with E-state index in [1.807, 2.05) is 0 Å². The second-order valence-corrected chi connectivity index (χ2v) is 4.63. The number of hydrogen-bond donors (Lipinski definition) is 1. The molecule has 1 fully saturated rings. The fraction of sp³-hybridized carbons (Fsp3) is 0.286. The number of amides is 1. The van der Waals surface area contributed by atoms with Crippen LogP contribution in [0.1, 0.15) is 34.9 Å². The summed E-state index contributed by atoms with van der Waals surface area (Å²) in [5, 5.41) is 2.74. The lowest BCUT2D eigenvalue weighted by Gasteiger charge is -2.09. The second kappa shape index (κ2) is 5.24. The molecule has 0 atom stereocenters. The molecule has 6 nitrogen and oxygen atoms in total. The Labute approximate surface area is 116 Å². The third-order valence-electron chi connectivity index (χ3n) is 3.13. The lowest BCUT2D eigenvalue weighted by Crippen LogP contribution is -2.14. The van der Waals surface area contributed by atoms with Gasteiger partial charge in [0, 0.05) is 30.6 Å². The van der Waals surface area contributed by atoms with Crippen LogP contribution < -0.4 is 10.1 Å². The maximum absolute atomic E-state index is 12.1. The molecule has 1 saturated carbocycles. The minimum Gasteiger partial charge on any atom is -0.494 e. The summed E-state index contributed by atoms with van der Waals surface area (Å²) in [6.07, 6.45) is 8.52. The van der Waals surface area contributed by atoms with E-state index in [1.165, 1.54) is 6.20 Å². The van der Waals surface area contributed by atoms with Crippen LogP contribution in [0.15, 0.2) is 30.9 Å². The Bertz CT molecular complexity index is 623. The van der Waals surface area contributed by atoms with Crippen molar-refractivity contribution in [3.05, 3.63) is 42.2 Å². The van der Waals surface area contributed by atoms with Crippen LogP contribution in [-0.4, -0.2) is 28.0 Å². The van der Waals surface area contributed by atoms with Gasteiger partial charge in [-0.3, -0.25) is 9.78 Å². The molecule has 3 rings (SSSR count). The van der Waals surface area contributed by atoms with Gasteiger partial charge in [0.2, 0.25) is 0 Å². The molecular formula is C14H14N4O2. The van der Waals surface area contributed by atoms with Crippen molar-refractivity contribution >= 4 is 11.6 Å². The molecule has 0 unspecified atom stereocenters. The highest BCUT2D eigenvalue weighted by atomic mass is 16.5. The average molecular weight is 270 g/mol. The Balaban J connectivity index is 1.75. The van der Waals surface area contributed by atoms with Gasteiger partial charge in [-0.1, -0.05) is 0 Å². The number of aromatic nitrogens is 3. The predicted molar refractivity (Wildman–Crippen MR) is 72.7 cm³/mol. The average Bonchev–Trinajstić information content (AvgIpc) is 3.32. The van der Waals surface area contributed by atoms with Crippen LogP contribution in [0.25, 0.3) is 0 Å². The number of rotatable bonds is 4. The lowest BCUT2D eigenvalue weighted by atomic mass is 10.3. The van der Waals surface area contributed by atoms with Crippen molar-refractivity contribution in [1.82, 2.24) is 15.0 Å². The number of nitrogens with zero attached hydrogens (tertiary/aromatic N) is 3. The van der Waals surface area contributed by atoms with E-state index in [9.17, 15) is 4.79 Å². The van der Waals surface area contributed by atoms with Crippen LogP contribution in [-0.2, 0) is 0 Å². The van der Waals surface area contributed by atoms with Crippen molar-refractivity contribution in [2.45, 2.75) is 18.8 Å². The Hall–Kier alpha value is -2.50. The molecule has 1 N–H and O–H groups in total. The van der Waals surface area contributed by atoms with E-state index in [0.29, 0.717) is 22.9 Å². The molecule has 0 radical (unpaired) electrons. The van der Waals surface area contributed by atoms with Crippen LogP contribution in [0.5, 0.6) is 5.75 Å². The summed E-state index contributed by atoms with van der Waals surface area (Å²) in [7, 11) is 1.54. The van der Waals surface area contributed by atoms with Gasteiger partial charge in [0.15, 0.2) is 0 Å². The highest BCUT2D eigenvalue weighted by Gasteiger charge is 2.26. The van der Waals surface area contributed by atoms with Gasteiger partial charge in [-0.15, -0.1) is 0 Å². The third kappa shape index (κ3) is 2.59. The first-order valence-corrected chi connectivity index (χ1v) is 6.39. The van der Waals surface area contributed by atoms with Crippen molar-refractivity contribution in [2.75, 3.05) is 12.4 Å². The van der Waals surface area contributed by atoms with Crippen LogP contribution in [0.3, 0.4) is 0 Å². The number of methoxy groups -OCH3 is 1. The van der Waals surface area contributed by atoms with E-state index in [1.54, 1.807) is 31.8 Å². The summed E-state index contributed by atoms with van der Waals surface area (Å²) in [5.74, 6) is 1.58. The van der Waals surface area contributed by atoms with Crippen LogP contribution >= 0.6 is 0 Å². The molecule has 2 aromatic rings. The molecule has 0 aromatic carbocycles. The largest absolute Gasteiger partial charge is 0.494 e. The number of nitrogens with one attached hydrogen (secondary N) is 1. The zero-order valence-corrected chi connectivity index (χ0v) is 11.0. The number of hydrogen-bond acceptors (Lipinski definition) is 5. The monoisotopic (exact) mass is 270 g/mol. The predicted octanol–water partition coefficient (Wildman–Crippen LogP) is 2.01. The number of carbonyl (C=O) groups excluding carboxylic acids is 1. The van der Waals surface area contributed by atoms with Crippen LogP contribution in [0, 0.1) is 0 Å². The van der Waals surface area contributed by atoms with E-state index in [2.05, 4.69) is 20.3 Å². The summed E-state index contributed by atoms with van der Waals surface area (Å²) >= 11 is 0. The zero-order valence-electron chi connectivity index (χ0n) is 11.0. The Morgan fingerprint density at radius 3 is 2.70 bits per heavy atom. The van der Waals surface area contributed by atoms with Gasteiger partial charge < -0.3 is 10.1 Å². The highest BCUT2D eigenvalue weighted by molar-refractivity contribution is 6.04. The molecule has 20 heavy (non-hydrogen) atoms. The first-order valence-electron chi connectivity index (χ1n) is 6.39. The SMILES string of the molecule is COc1ccncc1NC(=O)c1cnc(C2CC2)nc1. The van der Waals surface area contributed by atoms with E-state index in [0.717, 1.165) is 18.7 Å². The molecule has 2 aromatic heterocycles. The van der Waals surface area contributed by atoms with E-state index in [-0.39, 0.29) is 5.91 Å². The fourth-order valence-electron chi connectivity index (χ4n) is 1.86. The van der Waals surface area contributed by atoms with Crippen molar-refractivity contribution in [1.29, 1.82) is 0 Å². The molecule has 1 aliphatic carbocycles. The van der Waals surface area contributed by atoms with Crippen molar-refractivity contribution in [3.8, 4) is 5.75 Å². The number of anilines is 1. The summed E-state index contributed by atoms with van der Waals surface area (Å²) in [6, 6.07) is 1.68. The maximum Gasteiger partial charge on any atom is 0.258 e. The topological polar surface area (TPSA) is 77.0 Å². The summed E-state index contributed by atoms with van der Waals surface area (Å²) in [5.41, 5.74) is 0.937. The summed E-state index contributed by atoms with van der Waals surface area (Å²) < 4.78 is 5.15. The number of pyridine rings is 1. The Kier molecular flexibility index (Phi) is 3.28.